The lowest BCUT2D eigenvalue weighted by Gasteiger charge is -2.06. The van der Waals surface area contributed by atoms with Crippen LogP contribution in [0.15, 0.2) is 49.1 Å². The molecule has 2 N–H and O–H groups in total. The minimum atomic E-state index is -0.262. The van der Waals surface area contributed by atoms with Crippen LogP contribution in [0.25, 0.3) is 0 Å². The van der Waals surface area contributed by atoms with Gasteiger partial charge in [-0.15, -0.1) is 0 Å². The van der Waals surface area contributed by atoms with E-state index in [4.69, 9.17) is 0 Å². The molecule has 0 spiro atoms. The summed E-state index contributed by atoms with van der Waals surface area (Å²) in [5.41, 5.74) is 1.62. The van der Waals surface area contributed by atoms with E-state index in [-0.39, 0.29) is 6.03 Å². The van der Waals surface area contributed by atoms with Gasteiger partial charge in [0.2, 0.25) is 0 Å². The second-order valence-electron chi connectivity index (χ2n) is 3.41. The molecule has 5 heteroatoms. The van der Waals surface area contributed by atoms with Crippen molar-refractivity contribution >= 4 is 11.7 Å². The number of hydrogen-bond acceptors (Lipinski definition) is 3. The Balaban J connectivity index is 1.83. The molecule has 0 aliphatic carbocycles. The highest BCUT2D eigenvalue weighted by atomic mass is 16.2. The van der Waals surface area contributed by atoms with E-state index in [9.17, 15) is 4.79 Å². The number of hydrogen-bond donors (Lipinski definition) is 2. The summed E-state index contributed by atoms with van der Waals surface area (Å²) in [5, 5.41) is 5.41. The van der Waals surface area contributed by atoms with Crippen LogP contribution in [0.3, 0.4) is 0 Å². The average Bonchev–Trinajstić information content (AvgIpc) is 2.39. The van der Waals surface area contributed by atoms with Gasteiger partial charge in [-0.1, -0.05) is 6.07 Å². The van der Waals surface area contributed by atoms with E-state index in [1.54, 1.807) is 36.9 Å². The molecular weight excluding hydrogens is 216 g/mol. The minimum Gasteiger partial charge on any atom is -0.334 e. The van der Waals surface area contributed by atoms with Crippen molar-refractivity contribution in [1.82, 2.24) is 15.3 Å². The van der Waals surface area contributed by atoms with E-state index < -0.39 is 0 Å². The van der Waals surface area contributed by atoms with E-state index in [0.29, 0.717) is 12.2 Å². The van der Waals surface area contributed by atoms with Gasteiger partial charge in [0.15, 0.2) is 0 Å². The van der Waals surface area contributed by atoms with Crippen LogP contribution in [0.4, 0.5) is 10.5 Å². The molecule has 2 amide bonds. The monoisotopic (exact) mass is 228 g/mol. The van der Waals surface area contributed by atoms with Gasteiger partial charge in [0.05, 0.1) is 11.9 Å². The Labute approximate surface area is 98.9 Å². The fraction of sp³-hybridized carbons (Fsp3) is 0.0833. The SMILES string of the molecule is O=C(NCc1cccnc1)Nc1cccnc1. The summed E-state index contributed by atoms with van der Waals surface area (Å²) in [7, 11) is 0. The number of pyridine rings is 2. The molecule has 0 aromatic carbocycles. The van der Waals surface area contributed by atoms with Crippen LogP contribution >= 0.6 is 0 Å². The number of urea groups is 1. The lowest BCUT2D eigenvalue weighted by atomic mass is 10.3. The van der Waals surface area contributed by atoms with Crippen molar-refractivity contribution in [2.75, 3.05) is 5.32 Å². The smallest absolute Gasteiger partial charge is 0.319 e. The van der Waals surface area contributed by atoms with Crippen LogP contribution in [0.1, 0.15) is 5.56 Å². The van der Waals surface area contributed by atoms with E-state index in [1.807, 2.05) is 12.1 Å². The van der Waals surface area contributed by atoms with Gasteiger partial charge in [0, 0.05) is 25.1 Å². The topological polar surface area (TPSA) is 66.9 Å². The fourth-order valence-electron chi connectivity index (χ4n) is 1.30. The summed E-state index contributed by atoms with van der Waals surface area (Å²) < 4.78 is 0. The predicted octanol–water partition coefficient (Wildman–Crippen LogP) is 1.80. The number of carbonyl (C=O) groups excluding carboxylic acids is 1. The molecule has 0 radical (unpaired) electrons. The highest BCUT2D eigenvalue weighted by Crippen LogP contribution is 2.02. The number of amides is 2. The maximum absolute atomic E-state index is 11.5. The summed E-state index contributed by atoms with van der Waals surface area (Å²) in [4.78, 5) is 19.4. The van der Waals surface area contributed by atoms with Crippen LogP contribution in [0, 0.1) is 0 Å². The standard InChI is InChI=1S/C12H12N4O/c17-12(16-11-4-2-6-14-9-11)15-8-10-3-1-5-13-7-10/h1-7,9H,8H2,(H2,15,16,17). The third kappa shape index (κ3) is 3.57. The molecule has 5 nitrogen and oxygen atoms in total. The van der Waals surface area contributed by atoms with Crippen LogP contribution in [-0.2, 0) is 6.54 Å². The van der Waals surface area contributed by atoms with Gasteiger partial charge in [0.1, 0.15) is 0 Å². The van der Waals surface area contributed by atoms with Gasteiger partial charge in [-0.3, -0.25) is 9.97 Å². The number of carbonyl (C=O) groups is 1. The third-order valence-electron chi connectivity index (χ3n) is 2.10. The molecule has 0 aliphatic heterocycles. The van der Waals surface area contributed by atoms with Crippen LogP contribution < -0.4 is 10.6 Å². The normalized spacial score (nSPS) is 9.65. The maximum Gasteiger partial charge on any atom is 0.319 e. The van der Waals surface area contributed by atoms with E-state index >= 15 is 0 Å². The van der Waals surface area contributed by atoms with E-state index in [1.165, 1.54) is 0 Å². The van der Waals surface area contributed by atoms with Gasteiger partial charge in [-0.2, -0.15) is 0 Å². The molecule has 0 saturated heterocycles. The molecular formula is C12H12N4O. The molecule has 17 heavy (non-hydrogen) atoms. The van der Waals surface area contributed by atoms with Gasteiger partial charge in [-0.25, -0.2) is 4.79 Å². The first-order valence-electron chi connectivity index (χ1n) is 5.18. The number of nitrogens with zero attached hydrogens (tertiary/aromatic N) is 2. The summed E-state index contributed by atoms with van der Waals surface area (Å²) in [5.74, 6) is 0. The number of rotatable bonds is 3. The number of nitrogens with one attached hydrogen (secondary N) is 2. The maximum atomic E-state index is 11.5. The first kappa shape index (κ1) is 11.1. The molecule has 0 bridgehead atoms. The largest absolute Gasteiger partial charge is 0.334 e. The van der Waals surface area contributed by atoms with Crippen molar-refractivity contribution in [3.63, 3.8) is 0 Å². The minimum absolute atomic E-state index is 0.262. The summed E-state index contributed by atoms with van der Waals surface area (Å²) in [6.07, 6.45) is 6.64. The zero-order chi connectivity index (χ0) is 11.9. The average molecular weight is 228 g/mol. The summed E-state index contributed by atoms with van der Waals surface area (Å²) in [6.45, 7) is 0.444. The van der Waals surface area contributed by atoms with Gasteiger partial charge in [-0.05, 0) is 23.8 Å². The fourth-order valence-corrected chi connectivity index (χ4v) is 1.30. The Morgan fingerprint density at radius 1 is 1.12 bits per heavy atom. The number of anilines is 1. The second-order valence-corrected chi connectivity index (χ2v) is 3.41. The third-order valence-corrected chi connectivity index (χ3v) is 2.10. The van der Waals surface area contributed by atoms with Crippen molar-refractivity contribution in [1.29, 1.82) is 0 Å². The zero-order valence-electron chi connectivity index (χ0n) is 9.13. The Bertz CT molecular complexity index is 472. The Morgan fingerprint density at radius 2 is 1.88 bits per heavy atom. The molecule has 2 rings (SSSR count). The molecule has 2 aromatic rings. The predicted molar refractivity (Wildman–Crippen MR) is 64.3 cm³/mol. The summed E-state index contributed by atoms with van der Waals surface area (Å²) in [6, 6.07) is 7.00. The molecule has 2 aromatic heterocycles. The molecule has 0 fully saturated rings. The van der Waals surface area contributed by atoms with Crippen molar-refractivity contribution in [3.05, 3.63) is 54.6 Å². The van der Waals surface area contributed by atoms with Gasteiger partial charge < -0.3 is 10.6 Å². The Kier molecular flexibility index (Phi) is 3.64. The van der Waals surface area contributed by atoms with Crippen molar-refractivity contribution < 1.29 is 4.79 Å². The highest BCUT2D eigenvalue weighted by molar-refractivity contribution is 5.88. The van der Waals surface area contributed by atoms with Crippen molar-refractivity contribution in [3.8, 4) is 0 Å². The Morgan fingerprint density at radius 3 is 2.53 bits per heavy atom. The lowest BCUT2D eigenvalue weighted by molar-refractivity contribution is 0.251. The molecule has 0 atom stereocenters. The van der Waals surface area contributed by atoms with Crippen LogP contribution in [0.2, 0.25) is 0 Å². The van der Waals surface area contributed by atoms with Crippen molar-refractivity contribution in [2.24, 2.45) is 0 Å². The van der Waals surface area contributed by atoms with Crippen molar-refractivity contribution in [2.45, 2.75) is 6.54 Å². The van der Waals surface area contributed by atoms with E-state index in [0.717, 1.165) is 5.56 Å². The zero-order valence-corrected chi connectivity index (χ0v) is 9.13. The first-order chi connectivity index (χ1) is 8.34. The number of aromatic nitrogens is 2. The van der Waals surface area contributed by atoms with Gasteiger partial charge >= 0.3 is 6.03 Å². The second kappa shape index (κ2) is 5.60. The molecule has 0 saturated carbocycles. The van der Waals surface area contributed by atoms with Crippen LogP contribution in [-0.4, -0.2) is 16.0 Å². The molecule has 2 heterocycles. The lowest BCUT2D eigenvalue weighted by Crippen LogP contribution is -2.28. The quantitative estimate of drug-likeness (QED) is 0.841. The first-order valence-corrected chi connectivity index (χ1v) is 5.18. The Hall–Kier alpha value is -2.43. The van der Waals surface area contributed by atoms with Crippen LogP contribution in [0.5, 0.6) is 0 Å². The molecule has 0 aliphatic rings. The molecule has 86 valence electrons. The molecule has 0 unspecified atom stereocenters. The van der Waals surface area contributed by atoms with Gasteiger partial charge in [0.25, 0.3) is 0 Å². The summed E-state index contributed by atoms with van der Waals surface area (Å²) >= 11 is 0. The highest BCUT2D eigenvalue weighted by Gasteiger charge is 2.00. The van der Waals surface area contributed by atoms with E-state index in [2.05, 4.69) is 20.6 Å².